The van der Waals surface area contributed by atoms with Gasteiger partial charge in [-0.05, 0) is 11.5 Å². The van der Waals surface area contributed by atoms with E-state index in [4.69, 9.17) is 15.0 Å². The largest absolute Gasteiger partial charge is 0.504 e. The molecule has 2 rings (SSSR count). The lowest BCUT2D eigenvalue weighted by Gasteiger charge is -2.01. The van der Waals surface area contributed by atoms with Crippen LogP contribution in [0.3, 0.4) is 0 Å². The van der Waals surface area contributed by atoms with Gasteiger partial charge < -0.3 is 15.3 Å². The molecule has 0 saturated heterocycles. The first-order chi connectivity index (χ1) is 7.20. The molecule has 2 aromatic carbocycles. The Hall–Kier alpha value is -2.23. The first-order valence-electron chi connectivity index (χ1n) is 4.18. The molecule has 2 aromatic rings. The van der Waals surface area contributed by atoms with Crippen LogP contribution >= 0.6 is 0 Å². The van der Waals surface area contributed by atoms with Crippen LogP contribution in [0.5, 0.6) is 11.5 Å². The molecule has 0 aliphatic heterocycles. The van der Waals surface area contributed by atoms with E-state index in [-0.39, 0.29) is 18.0 Å². The Labute approximate surface area is 86.0 Å². The van der Waals surface area contributed by atoms with Crippen LogP contribution in [0.15, 0.2) is 36.4 Å². The van der Waals surface area contributed by atoms with E-state index in [9.17, 15) is 5.11 Å². The smallest absolute Gasteiger partial charge is 0.290 e. The molecular weight excluding hydrogens is 196 g/mol. The van der Waals surface area contributed by atoms with Gasteiger partial charge in [-0.25, -0.2) is 0 Å². The molecule has 0 unspecified atom stereocenters. The van der Waals surface area contributed by atoms with Crippen molar-refractivity contribution in [3.8, 4) is 11.5 Å². The van der Waals surface area contributed by atoms with E-state index in [2.05, 4.69) is 0 Å². The van der Waals surface area contributed by atoms with Crippen LogP contribution in [0.4, 0.5) is 0 Å². The minimum Gasteiger partial charge on any atom is -0.504 e. The van der Waals surface area contributed by atoms with Crippen LogP contribution in [0.1, 0.15) is 0 Å². The van der Waals surface area contributed by atoms with Crippen molar-refractivity contribution in [2.75, 3.05) is 0 Å². The van der Waals surface area contributed by atoms with E-state index in [0.29, 0.717) is 5.39 Å². The summed E-state index contributed by atoms with van der Waals surface area (Å²) in [7, 11) is 0. The van der Waals surface area contributed by atoms with Gasteiger partial charge in [0, 0.05) is 5.39 Å². The molecule has 78 valence electrons. The van der Waals surface area contributed by atoms with Gasteiger partial charge in [0.15, 0.2) is 11.5 Å². The third kappa shape index (κ3) is 2.37. The lowest BCUT2D eigenvalue weighted by molar-refractivity contribution is -0.122. The Balaban J connectivity index is 0.000000337. The van der Waals surface area contributed by atoms with Crippen LogP contribution in [0.2, 0.25) is 0 Å². The third-order valence-corrected chi connectivity index (χ3v) is 1.88. The number of fused-ring (bicyclic) bond motifs is 1. The van der Waals surface area contributed by atoms with E-state index < -0.39 is 0 Å². The number of phenolic OH excluding ortho intramolecular Hbond substituents is 2. The molecule has 15 heavy (non-hydrogen) atoms. The lowest BCUT2D eigenvalue weighted by Crippen LogP contribution is -1.73. The number of phenols is 2. The first-order valence-corrected chi connectivity index (χ1v) is 4.18. The van der Waals surface area contributed by atoms with Gasteiger partial charge in [0.2, 0.25) is 0 Å². The summed E-state index contributed by atoms with van der Waals surface area (Å²) >= 11 is 0. The maximum Gasteiger partial charge on any atom is 0.290 e. The molecule has 0 fully saturated rings. The Morgan fingerprint density at radius 1 is 1.00 bits per heavy atom. The van der Waals surface area contributed by atoms with Crippen molar-refractivity contribution < 1.29 is 20.1 Å². The quantitative estimate of drug-likeness (QED) is 0.454. The van der Waals surface area contributed by atoms with E-state index in [1.807, 2.05) is 18.2 Å². The van der Waals surface area contributed by atoms with Crippen LogP contribution in [-0.4, -0.2) is 21.8 Å². The Kier molecular flexibility index (Phi) is 3.51. The molecule has 0 aliphatic carbocycles. The average molecular weight is 206 g/mol. The summed E-state index contributed by atoms with van der Waals surface area (Å²) < 4.78 is 0. The van der Waals surface area contributed by atoms with Crippen LogP contribution in [0.25, 0.3) is 10.8 Å². The van der Waals surface area contributed by atoms with E-state index >= 15 is 0 Å². The second-order valence-corrected chi connectivity index (χ2v) is 2.76. The van der Waals surface area contributed by atoms with Crippen LogP contribution in [-0.2, 0) is 4.79 Å². The molecule has 4 nitrogen and oxygen atoms in total. The fourth-order valence-corrected chi connectivity index (χ4v) is 1.24. The molecule has 0 spiro atoms. The van der Waals surface area contributed by atoms with E-state index in [1.165, 1.54) is 6.07 Å². The molecule has 0 amide bonds. The maximum absolute atomic E-state index is 9.41. The lowest BCUT2D eigenvalue weighted by atomic mass is 10.1. The zero-order valence-corrected chi connectivity index (χ0v) is 7.79. The van der Waals surface area contributed by atoms with Gasteiger partial charge >= 0.3 is 0 Å². The fraction of sp³-hybridized carbons (Fsp3) is 0. The summed E-state index contributed by atoms with van der Waals surface area (Å²) in [5.41, 5.74) is 0. The van der Waals surface area contributed by atoms with E-state index in [0.717, 1.165) is 5.39 Å². The van der Waals surface area contributed by atoms with Crippen molar-refractivity contribution in [3.63, 3.8) is 0 Å². The monoisotopic (exact) mass is 206 g/mol. The molecule has 0 bridgehead atoms. The second-order valence-electron chi connectivity index (χ2n) is 2.76. The van der Waals surface area contributed by atoms with Crippen molar-refractivity contribution in [1.29, 1.82) is 0 Å². The molecule has 0 saturated carbocycles. The maximum atomic E-state index is 9.41. The number of hydrogen-bond donors (Lipinski definition) is 3. The topological polar surface area (TPSA) is 77.8 Å². The van der Waals surface area contributed by atoms with Crippen LogP contribution < -0.4 is 0 Å². The number of carbonyl (C=O) groups is 1. The van der Waals surface area contributed by atoms with Crippen molar-refractivity contribution in [3.05, 3.63) is 36.4 Å². The standard InChI is InChI=1S/C10H8O2.CH2O2/c11-9-6-5-7-3-1-2-4-8(7)10(9)12;2-1-3/h1-6,11-12H;1H,(H,2,3). The van der Waals surface area contributed by atoms with Crippen LogP contribution in [0, 0.1) is 0 Å². The van der Waals surface area contributed by atoms with E-state index in [1.54, 1.807) is 12.1 Å². The predicted octanol–water partition coefficient (Wildman–Crippen LogP) is 1.95. The molecule has 0 atom stereocenters. The van der Waals surface area contributed by atoms with Crippen molar-refractivity contribution >= 4 is 17.2 Å². The fourth-order valence-electron chi connectivity index (χ4n) is 1.24. The number of rotatable bonds is 0. The molecule has 4 heteroatoms. The van der Waals surface area contributed by atoms with Gasteiger partial charge in [-0.2, -0.15) is 0 Å². The predicted molar refractivity (Wildman–Crippen MR) is 56.0 cm³/mol. The zero-order valence-electron chi connectivity index (χ0n) is 7.79. The Morgan fingerprint density at radius 2 is 1.60 bits per heavy atom. The molecule has 0 radical (unpaired) electrons. The van der Waals surface area contributed by atoms with Gasteiger partial charge in [0.25, 0.3) is 6.47 Å². The summed E-state index contributed by atoms with van der Waals surface area (Å²) in [5.74, 6) is -0.123. The SMILES string of the molecule is O=CO.Oc1ccc2ccccc2c1O. The van der Waals surface area contributed by atoms with Gasteiger partial charge in [-0.1, -0.05) is 30.3 Å². The molecule has 0 heterocycles. The second kappa shape index (κ2) is 4.85. The first kappa shape index (κ1) is 10.8. The molecule has 0 aromatic heterocycles. The molecule has 3 N–H and O–H groups in total. The number of benzene rings is 2. The van der Waals surface area contributed by atoms with Crippen molar-refractivity contribution in [1.82, 2.24) is 0 Å². The Morgan fingerprint density at radius 3 is 2.27 bits per heavy atom. The van der Waals surface area contributed by atoms with Gasteiger partial charge in [0.1, 0.15) is 0 Å². The van der Waals surface area contributed by atoms with Crippen molar-refractivity contribution in [2.24, 2.45) is 0 Å². The van der Waals surface area contributed by atoms with Gasteiger partial charge in [-0.15, -0.1) is 0 Å². The minimum atomic E-state index is -0.250. The van der Waals surface area contributed by atoms with Crippen molar-refractivity contribution in [2.45, 2.75) is 0 Å². The highest BCUT2D eigenvalue weighted by Gasteiger charge is 2.02. The number of aromatic hydroxyl groups is 2. The average Bonchev–Trinajstić information content (AvgIpc) is 2.25. The minimum absolute atomic E-state index is 0.0481. The van der Waals surface area contributed by atoms with Gasteiger partial charge in [0.05, 0.1) is 0 Å². The Bertz CT molecular complexity index is 465. The van der Waals surface area contributed by atoms with Gasteiger partial charge in [-0.3, -0.25) is 4.79 Å². The highest BCUT2D eigenvalue weighted by Crippen LogP contribution is 2.32. The molecule has 0 aliphatic rings. The highest BCUT2D eigenvalue weighted by atomic mass is 16.3. The molecular formula is C11H10O4. The normalized spacial score (nSPS) is 9.07. The summed E-state index contributed by atoms with van der Waals surface area (Å²) in [4.78, 5) is 8.36. The summed E-state index contributed by atoms with van der Waals surface area (Å²) in [6, 6.07) is 10.6. The summed E-state index contributed by atoms with van der Waals surface area (Å²) in [5, 5.41) is 27.1. The number of carboxylic acid groups (broad SMARTS) is 1. The zero-order chi connectivity index (χ0) is 11.3. The third-order valence-electron chi connectivity index (χ3n) is 1.88. The number of hydrogen-bond acceptors (Lipinski definition) is 3. The highest BCUT2D eigenvalue weighted by molar-refractivity contribution is 5.90. The summed E-state index contributed by atoms with van der Waals surface area (Å²) in [6.07, 6.45) is 0. The summed E-state index contributed by atoms with van der Waals surface area (Å²) in [6.45, 7) is -0.250.